The molecular weight excluding hydrogens is 1370 g/mol. The number of alkyl carbamates (subject to hydrolysis) is 1. The maximum Gasteiger partial charge on any atom is 0.417 e. The first kappa shape index (κ1) is 80.9. The second-order valence-corrected chi connectivity index (χ2v) is 28.0. The van der Waals surface area contributed by atoms with Gasteiger partial charge in [-0.2, -0.15) is 0 Å². The van der Waals surface area contributed by atoms with Gasteiger partial charge in [-0.25, -0.2) is 24.2 Å². The first-order valence-corrected chi connectivity index (χ1v) is 35.9. The van der Waals surface area contributed by atoms with Gasteiger partial charge < -0.3 is 96.8 Å². The lowest BCUT2D eigenvalue weighted by Gasteiger charge is -2.39. The highest BCUT2D eigenvalue weighted by Gasteiger charge is 2.51. The quantitative estimate of drug-likeness (QED) is 0.0228. The van der Waals surface area contributed by atoms with Gasteiger partial charge in [-0.15, -0.1) is 6.42 Å². The molecule has 0 aromatic heterocycles. The van der Waals surface area contributed by atoms with Crippen molar-refractivity contribution < 1.29 is 105 Å². The molecule has 0 spiro atoms. The summed E-state index contributed by atoms with van der Waals surface area (Å²) in [6.07, 6.45) is 4.81. The number of ether oxygens (including phenoxy) is 15. The van der Waals surface area contributed by atoms with Crippen molar-refractivity contribution in [2.45, 2.75) is 167 Å². The van der Waals surface area contributed by atoms with E-state index >= 15 is 0 Å². The molecular formula is C77H101N7O22. The Bertz CT molecular complexity index is 3530. The minimum Gasteiger partial charge on any atom is -0.493 e. The summed E-state index contributed by atoms with van der Waals surface area (Å²) >= 11 is 0. The lowest BCUT2D eigenvalue weighted by Crippen LogP contribution is -2.54. The Balaban J connectivity index is 0.899. The third kappa shape index (κ3) is 23.2. The molecule has 7 amide bonds. The van der Waals surface area contributed by atoms with E-state index in [2.05, 4.69) is 51.6 Å². The number of hydrogen-bond donors (Lipinski definition) is 3. The van der Waals surface area contributed by atoms with Crippen LogP contribution in [0.3, 0.4) is 0 Å². The zero-order valence-corrected chi connectivity index (χ0v) is 62.1. The molecule has 3 unspecified atom stereocenters. The fourth-order valence-corrected chi connectivity index (χ4v) is 12.6. The first-order valence-electron chi connectivity index (χ1n) is 35.9. The summed E-state index contributed by atoms with van der Waals surface area (Å²) < 4.78 is 90.0. The van der Waals surface area contributed by atoms with E-state index in [4.69, 9.17) is 72.7 Å². The molecule has 106 heavy (non-hydrogen) atoms. The van der Waals surface area contributed by atoms with Crippen LogP contribution in [0.1, 0.15) is 143 Å². The van der Waals surface area contributed by atoms with E-state index in [9.17, 15) is 33.6 Å². The van der Waals surface area contributed by atoms with Gasteiger partial charge in [0.2, 0.25) is 11.8 Å². The molecule has 3 aromatic rings. The third-order valence-electron chi connectivity index (χ3n) is 17.4. The molecule has 6 heterocycles. The molecule has 29 heteroatoms. The van der Waals surface area contributed by atoms with Crippen LogP contribution < -0.4 is 44.7 Å². The molecule has 0 radical (unpaired) electrons. The molecule has 29 nitrogen and oxygen atoms in total. The highest BCUT2D eigenvalue weighted by atomic mass is 16.7. The van der Waals surface area contributed by atoms with E-state index in [0.29, 0.717) is 88.6 Å². The molecule has 4 saturated heterocycles. The number of hydrogen-bond acceptors (Lipinski definition) is 22. The van der Waals surface area contributed by atoms with Gasteiger partial charge in [0.05, 0.1) is 108 Å². The maximum atomic E-state index is 14.8. The van der Waals surface area contributed by atoms with Crippen molar-refractivity contribution >= 4 is 53.3 Å². The normalized spacial score (nSPS) is 19.9. The van der Waals surface area contributed by atoms with Gasteiger partial charge in [0.25, 0.3) is 11.8 Å². The van der Waals surface area contributed by atoms with Crippen molar-refractivity contribution in [3.8, 4) is 47.2 Å². The van der Waals surface area contributed by atoms with Crippen LogP contribution in [-0.2, 0) is 74.9 Å². The van der Waals surface area contributed by atoms with Crippen molar-refractivity contribution in [2.75, 3.05) is 129 Å². The average Bonchev–Trinajstić information content (AvgIpc) is 1.53. The first-order chi connectivity index (χ1) is 50.9. The Labute approximate surface area is 619 Å². The van der Waals surface area contributed by atoms with Gasteiger partial charge in [-0.05, 0) is 134 Å². The number of nitrogens with zero attached hydrogens (tertiary/aromatic N) is 4. The van der Waals surface area contributed by atoms with Gasteiger partial charge in [0, 0.05) is 69.9 Å². The Kier molecular flexibility index (Phi) is 29.7. The van der Waals surface area contributed by atoms with Crippen molar-refractivity contribution in [2.24, 2.45) is 0 Å². The van der Waals surface area contributed by atoms with Crippen LogP contribution in [0.2, 0.25) is 0 Å². The van der Waals surface area contributed by atoms with E-state index in [1.54, 1.807) is 75.6 Å². The molecule has 576 valence electrons. The molecule has 0 aliphatic carbocycles. The van der Waals surface area contributed by atoms with Crippen molar-refractivity contribution in [3.05, 3.63) is 94.6 Å². The molecule has 6 aliphatic rings. The minimum absolute atomic E-state index is 0.0179. The minimum atomic E-state index is -1.06. The molecule has 0 saturated carbocycles. The predicted molar refractivity (Wildman–Crippen MR) is 386 cm³/mol. The topological polar surface area (TPSA) is 307 Å². The standard InChI is InChI=1S/C77H101N7O22/c1-12-26-100-73(89)80-24-21-65(85)79-25-30-95-32-34-97-36-35-96-33-31-94-29-22-66(86)78-23-17-18-52-39-53(48-101-63-44-57-55(42-61(63)92-10)69(87)81-46-50(2)37-59(81)71(103-67-19-13-15-27-98-67)83(57)74(90)105-76(4,5)6)41-54(40-52)49-102-64-45-58-56(43-62(64)93-11)70(88)82-47-51(3)38-60(82)72(104-68-20-14-16-28-99-68)84(58)75(91)106-77(7,8)9/h1,39-45,59-60,67-68,71-72H,2-3,13-16,19-38,46-49H2,4-11H3,(H,78,86)(H,79,85)(H,80,89)/t59-,60-,67?,68?,71-,72?/m0/s1. The van der Waals surface area contributed by atoms with Crippen molar-refractivity contribution in [3.63, 3.8) is 0 Å². The van der Waals surface area contributed by atoms with E-state index in [0.717, 1.165) is 36.8 Å². The average molecular weight is 1480 g/mol. The maximum absolute atomic E-state index is 14.8. The number of methoxy groups -OCH3 is 2. The van der Waals surface area contributed by atoms with Crippen LogP contribution in [0.5, 0.6) is 23.0 Å². The molecule has 9 rings (SSSR count). The van der Waals surface area contributed by atoms with E-state index < -0.39 is 66.6 Å². The van der Waals surface area contributed by atoms with Crippen LogP contribution in [0.15, 0.2) is 66.8 Å². The van der Waals surface area contributed by atoms with E-state index in [1.807, 2.05) is 18.2 Å². The van der Waals surface area contributed by atoms with E-state index in [-0.39, 0.29) is 154 Å². The fraction of sp³-hybridized carbons (Fsp3) is 0.571. The second kappa shape index (κ2) is 38.9. The highest BCUT2D eigenvalue weighted by Crippen LogP contribution is 2.46. The second-order valence-electron chi connectivity index (χ2n) is 28.0. The lowest BCUT2D eigenvalue weighted by atomic mass is 10.1. The van der Waals surface area contributed by atoms with Gasteiger partial charge in [0.15, 0.2) is 54.6 Å². The smallest absolute Gasteiger partial charge is 0.417 e. The van der Waals surface area contributed by atoms with Gasteiger partial charge >= 0.3 is 18.3 Å². The van der Waals surface area contributed by atoms with Crippen LogP contribution in [0, 0.1) is 24.2 Å². The Morgan fingerprint density at radius 3 is 1.50 bits per heavy atom. The highest BCUT2D eigenvalue weighted by molar-refractivity contribution is 6.07. The van der Waals surface area contributed by atoms with Crippen LogP contribution >= 0.6 is 0 Å². The van der Waals surface area contributed by atoms with Crippen LogP contribution in [0.4, 0.5) is 25.8 Å². The van der Waals surface area contributed by atoms with Crippen LogP contribution in [0.25, 0.3) is 0 Å². The van der Waals surface area contributed by atoms with E-state index in [1.165, 1.54) is 24.0 Å². The van der Waals surface area contributed by atoms with Gasteiger partial charge in [0.1, 0.15) is 24.4 Å². The summed E-state index contributed by atoms with van der Waals surface area (Å²) in [6.45, 7) is 22.6. The van der Waals surface area contributed by atoms with Crippen LogP contribution in [-0.4, -0.2) is 220 Å². The molecule has 3 N–H and O–H groups in total. The number of carbonyl (C=O) groups is 7. The lowest BCUT2D eigenvalue weighted by molar-refractivity contribution is -0.196. The monoisotopic (exact) mass is 1480 g/mol. The summed E-state index contributed by atoms with van der Waals surface area (Å²) in [7, 11) is 2.90. The largest absolute Gasteiger partial charge is 0.493 e. The van der Waals surface area contributed by atoms with Gasteiger partial charge in [-0.1, -0.05) is 42.1 Å². The molecule has 6 atom stereocenters. The molecule has 6 aliphatic heterocycles. The predicted octanol–water partition coefficient (Wildman–Crippen LogP) is 8.44. The fourth-order valence-electron chi connectivity index (χ4n) is 12.6. The number of carbonyl (C=O) groups excluding carboxylic acids is 7. The molecule has 4 fully saturated rings. The third-order valence-corrected chi connectivity index (χ3v) is 17.4. The Morgan fingerprint density at radius 2 is 1.05 bits per heavy atom. The zero-order valence-electron chi connectivity index (χ0n) is 62.1. The zero-order chi connectivity index (χ0) is 75.9. The Hall–Kier alpha value is -9.17. The number of benzene rings is 3. The summed E-state index contributed by atoms with van der Waals surface area (Å²) in [4.78, 5) is 102. The number of terminal acetylenes is 1. The number of fused-ring (bicyclic) bond motifs is 4. The molecule has 0 bridgehead atoms. The Morgan fingerprint density at radius 1 is 0.575 bits per heavy atom. The number of nitrogens with one attached hydrogen (secondary N) is 3. The van der Waals surface area contributed by atoms with Crippen molar-refractivity contribution in [1.29, 1.82) is 0 Å². The number of rotatable bonds is 32. The number of amides is 7. The summed E-state index contributed by atoms with van der Waals surface area (Å²) in [5, 5.41) is 7.95. The number of anilines is 2. The summed E-state index contributed by atoms with van der Waals surface area (Å²) in [5.74, 6) is 7.86. The molecule has 3 aromatic carbocycles. The SMILES string of the molecule is C#CCOC(=O)NCCC(=O)NCCOCCOCCOCCOCCC(=O)NCC#Cc1cc(COc2cc3c(cc2OC)C(=O)N2CC(=C)C[C@H]2C(OC2CCCCO2)N3C(=O)OC(C)(C)C)cc(COc2cc3c(cc2OC)C(=O)N2CC(=C)C[C@H]2[C@H](OC2CCCCO2)N3C(=O)OC(C)(C)C)c1. The summed E-state index contributed by atoms with van der Waals surface area (Å²) in [6, 6.07) is 10.4. The summed E-state index contributed by atoms with van der Waals surface area (Å²) in [5.41, 5.74) is 2.01. The van der Waals surface area contributed by atoms with Crippen molar-refractivity contribution in [1.82, 2.24) is 25.8 Å². The van der Waals surface area contributed by atoms with Gasteiger partial charge in [-0.3, -0.25) is 19.2 Å².